The second-order valence-corrected chi connectivity index (χ2v) is 5.24. The average molecular weight is 332 g/mol. The quantitative estimate of drug-likeness (QED) is 0.766. The van der Waals surface area contributed by atoms with Crippen LogP contribution < -0.4 is 10.1 Å². The maximum absolute atomic E-state index is 12.1. The SMILES string of the molecule is CCc1ocnc1C(=O)NCC(Cc1ccccc1OC)C(=O)O. The van der Waals surface area contributed by atoms with Crippen LogP contribution in [0.4, 0.5) is 0 Å². The molecule has 0 saturated carbocycles. The molecule has 0 aliphatic carbocycles. The number of aryl methyl sites for hydroxylation is 1. The summed E-state index contributed by atoms with van der Waals surface area (Å²) < 4.78 is 10.3. The minimum Gasteiger partial charge on any atom is -0.496 e. The van der Waals surface area contributed by atoms with Gasteiger partial charge >= 0.3 is 5.97 Å². The minimum atomic E-state index is -0.989. The van der Waals surface area contributed by atoms with Crippen molar-refractivity contribution in [2.45, 2.75) is 19.8 Å². The van der Waals surface area contributed by atoms with Crippen molar-refractivity contribution in [3.05, 3.63) is 47.7 Å². The summed E-state index contributed by atoms with van der Waals surface area (Å²) in [7, 11) is 1.53. The van der Waals surface area contributed by atoms with Gasteiger partial charge in [-0.15, -0.1) is 0 Å². The summed E-state index contributed by atoms with van der Waals surface area (Å²) in [6, 6.07) is 7.22. The van der Waals surface area contributed by atoms with E-state index in [0.717, 1.165) is 5.56 Å². The van der Waals surface area contributed by atoms with Gasteiger partial charge in [-0.1, -0.05) is 25.1 Å². The second-order valence-electron chi connectivity index (χ2n) is 5.24. The van der Waals surface area contributed by atoms with E-state index < -0.39 is 17.8 Å². The molecule has 0 radical (unpaired) electrons. The Bertz CT molecular complexity index is 711. The molecule has 0 aliphatic rings. The van der Waals surface area contributed by atoms with E-state index in [-0.39, 0.29) is 18.7 Å². The highest BCUT2D eigenvalue weighted by Gasteiger charge is 2.22. The molecule has 0 saturated heterocycles. The number of nitrogens with zero attached hydrogens (tertiary/aromatic N) is 1. The predicted molar refractivity (Wildman–Crippen MR) is 86.0 cm³/mol. The number of aromatic nitrogens is 1. The standard InChI is InChI=1S/C17H20N2O5/c1-3-13-15(19-10-24-13)16(20)18-9-12(17(21)22)8-11-6-4-5-7-14(11)23-2/h4-7,10,12H,3,8-9H2,1-2H3,(H,18,20)(H,21,22). The zero-order valence-electron chi connectivity index (χ0n) is 13.6. The molecule has 7 nitrogen and oxygen atoms in total. The number of carboxylic acids is 1. The van der Waals surface area contributed by atoms with Gasteiger partial charge in [0.1, 0.15) is 11.5 Å². The molecule has 1 amide bonds. The van der Waals surface area contributed by atoms with Crippen molar-refractivity contribution in [1.82, 2.24) is 10.3 Å². The lowest BCUT2D eigenvalue weighted by atomic mass is 9.98. The summed E-state index contributed by atoms with van der Waals surface area (Å²) in [5.74, 6) is -1.10. The molecule has 7 heteroatoms. The Labute approximate surface area is 139 Å². The Morgan fingerprint density at radius 3 is 2.79 bits per heavy atom. The van der Waals surface area contributed by atoms with Gasteiger partial charge in [-0.25, -0.2) is 4.98 Å². The van der Waals surface area contributed by atoms with Crippen molar-refractivity contribution in [2.24, 2.45) is 5.92 Å². The van der Waals surface area contributed by atoms with Crippen molar-refractivity contribution < 1.29 is 23.8 Å². The van der Waals surface area contributed by atoms with Crippen LogP contribution in [0.3, 0.4) is 0 Å². The Hall–Kier alpha value is -2.83. The van der Waals surface area contributed by atoms with Crippen LogP contribution in [0.1, 0.15) is 28.7 Å². The first kappa shape index (κ1) is 17.5. The molecular formula is C17H20N2O5. The van der Waals surface area contributed by atoms with E-state index in [1.165, 1.54) is 13.5 Å². The van der Waals surface area contributed by atoms with Crippen LogP contribution in [0.2, 0.25) is 0 Å². The molecule has 1 aromatic carbocycles. The number of oxazole rings is 1. The molecule has 1 unspecified atom stereocenters. The van der Waals surface area contributed by atoms with Gasteiger partial charge < -0.3 is 19.6 Å². The number of nitrogens with one attached hydrogen (secondary N) is 1. The number of ether oxygens (including phenoxy) is 1. The van der Waals surface area contributed by atoms with E-state index in [1.807, 2.05) is 25.1 Å². The number of hydrogen-bond donors (Lipinski definition) is 2. The van der Waals surface area contributed by atoms with Crippen LogP contribution in [0, 0.1) is 5.92 Å². The fraction of sp³-hybridized carbons (Fsp3) is 0.353. The normalized spacial score (nSPS) is 11.8. The van der Waals surface area contributed by atoms with Gasteiger partial charge in [0.2, 0.25) is 0 Å². The molecule has 2 aromatic rings. The minimum absolute atomic E-state index is 0.0117. The molecule has 24 heavy (non-hydrogen) atoms. The fourth-order valence-electron chi connectivity index (χ4n) is 2.39. The molecular weight excluding hydrogens is 312 g/mol. The Morgan fingerprint density at radius 2 is 2.12 bits per heavy atom. The monoisotopic (exact) mass is 332 g/mol. The number of benzene rings is 1. The van der Waals surface area contributed by atoms with Gasteiger partial charge in [-0.05, 0) is 18.1 Å². The third-order valence-corrected chi connectivity index (χ3v) is 3.69. The number of rotatable bonds is 8. The van der Waals surface area contributed by atoms with Crippen molar-refractivity contribution in [3.63, 3.8) is 0 Å². The maximum Gasteiger partial charge on any atom is 0.308 e. The van der Waals surface area contributed by atoms with E-state index >= 15 is 0 Å². The molecule has 0 aliphatic heterocycles. The van der Waals surface area contributed by atoms with Gasteiger partial charge in [0.25, 0.3) is 5.91 Å². The molecule has 1 aromatic heterocycles. The van der Waals surface area contributed by atoms with E-state index in [4.69, 9.17) is 9.15 Å². The van der Waals surface area contributed by atoms with Crippen molar-refractivity contribution in [3.8, 4) is 5.75 Å². The Morgan fingerprint density at radius 1 is 1.38 bits per heavy atom. The summed E-state index contributed by atoms with van der Waals surface area (Å²) in [5, 5.41) is 12.0. The number of carbonyl (C=O) groups is 2. The molecule has 2 rings (SSSR count). The van der Waals surface area contributed by atoms with Crippen LogP contribution in [-0.4, -0.2) is 35.6 Å². The zero-order valence-corrected chi connectivity index (χ0v) is 13.6. The van der Waals surface area contributed by atoms with Crippen LogP contribution in [0.15, 0.2) is 35.1 Å². The molecule has 1 heterocycles. The molecule has 0 fully saturated rings. The van der Waals surface area contributed by atoms with Gasteiger partial charge in [-0.2, -0.15) is 0 Å². The molecule has 1 atom stereocenters. The first-order valence-corrected chi connectivity index (χ1v) is 7.62. The molecule has 0 bridgehead atoms. The Kier molecular flexibility index (Phi) is 5.95. The summed E-state index contributed by atoms with van der Waals surface area (Å²) in [6.45, 7) is 1.83. The number of amides is 1. The van der Waals surface area contributed by atoms with Crippen LogP contribution in [-0.2, 0) is 17.6 Å². The number of hydrogen-bond acceptors (Lipinski definition) is 5. The number of aliphatic carboxylic acids is 1. The second kappa shape index (κ2) is 8.14. The van der Waals surface area contributed by atoms with Gasteiger partial charge in [0, 0.05) is 13.0 Å². The lowest BCUT2D eigenvalue weighted by molar-refractivity contribution is -0.141. The smallest absolute Gasteiger partial charge is 0.308 e. The van der Waals surface area contributed by atoms with Gasteiger partial charge in [0.05, 0.1) is 13.0 Å². The number of para-hydroxylation sites is 1. The molecule has 0 spiro atoms. The van der Waals surface area contributed by atoms with Crippen LogP contribution in [0.5, 0.6) is 5.75 Å². The molecule has 128 valence electrons. The predicted octanol–water partition coefficient (Wildman–Crippen LogP) is 1.92. The van der Waals surface area contributed by atoms with E-state index in [9.17, 15) is 14.7 Å². The first-order chi connectivity index (χ1) is 11.6. The third kappa shape index (κ3) is 4.13. The lowest BCUT2D eigenvalue weighted by Crippen LogP contribution is -2.34. The average Bonchev–Trinajstić information content (AvgIpc) is 3.07. The van der Waals surface area contributed by atoms with E-state index in [1.54, 1.807) is 6.07 Å². The summed E-state index contributed by atoms with van der Waals surface area (Å²) in [5.41, 5.74) is 0.969. The van der Waals surface area contributed by atoms with Gasteiger partial charge in [-0.3, -0.25) is 9.59 Å². The summed E-state index contributed by atoms with van der Waals surface area (Å²) in [6.07, 6.45) is 1.99. The van der Waals surface area contributed by atoms with Crippen molar-refractivity contribution >= 4 is 11.9 Å². The number of carbonyl (C=O) groups excluding carboxylic acids is 1. The van der Waals surface area contributed by atoms with Crippen molar-refractivity contribution in [1.29, 1.82) is 0 Å². The maximum atomic E-state index is 12.1. The summed E-state index contributed by atoms with van der Waals surface area (Å²) in [4.78, 5) is 27.5. The Balaban J connectivity index is 2.04. The summed E-state index contributed by atoms with van der Waals surface area (Å²) >= 11 is 0. The lowest BCUT2D eigenvalue weighted by Gasteiger charge is -2.15. The number of carboxylic acid groups (broad SMARTS) is 1. The highest BCUT2D eigenvalue weighted by atomic mass is 16.5. The van der Waals surface area contributed by atoms with Gasteiger partial charge in [0.15, 0.2) is 12.1 Å². The van der Waals surface area contributed by atoms with E-state index in [0.29, 0.717) is 17.9 Å². The third-order valence-electron chi connectivity index (χ3n) is 3.69. The highest BCUT2D eigenvalue weighted by molar-refractivity contribution is 5.93. The van der Waals surface area contributed by atoms with Crippen molar-refractivity contribution in [2.75, 3.05) is 13.7 Å². The number of methoxy groups -OCH3 is 1. The fourth-order valence-corrected chi connectivity index (χ4v) is 2.39. The highest BCUT2D eigenvalue weighted by Crippen LogP contribution is 2.21. The topological polar surface area (TPSA) is 102 Å². The van der Waals surface area contributed by atoms with Crippen LogP contribution in [0.25, 0.3) is 0 Å². The first-order valence-electron chi connectivity index (χ1n) is 7.62. The molecule has 2 N–H and O–H groups in total. The van der Waals surface area contributed by atoms with E-state index in [2.05, 4.69) is 10.3 Å². The largest absolute Gasteiger partial charge is 0.496 e. The van der Waals surface area contributed by atoms with Crippen LogP contribution >= 0.6 is 0 Å². The zero-order chi connectivity index (χ0) is 17.5.